The van der Waals surface area contributed by atoms with Crippen molar-refractivity contribution in [1.29, 1.82) is 0 Å². The first-order valence-corrected chi connectivity index (χ1v) is 7.85. The number of halogens is 1. The van der Waals surface area contributed by atoms with E-state index < -0.39 is 0 Å². The summed E-state index contributed by atoms with van der Waals surface area (Å²) in [6, 6.07) is 0.576. The van der Waals surface area contributed by atoms with Gasteiger partial charge in [-0.25, -0.2) is 0 Å². The molecule has 0 unspecified atom stereocenters. The lowest BCUT2D eigenvalue weighted by Gasteiger charge is -2.18. The van der Waals surface area contributed by atoms with Crippen LogP contribution in [0.3, 0.4) is 0 Å². The molecule has 0 spiro atoms. The van der Waals surface area contributed by atoms with Gasteiger partial charge in [-0.3, -0.25) is 4.99 Å². The Morgan fingerprint density at radius 3 is 2.21 bits per heavy atom. The molecule has 110 valence electrons. The molecule has 0 aromatic heterocycles. The van der Waals surface area contributed by atoms with Crippen molar-refractivity contribution in [1.82, 2.24) is 5.32 Å². The highest BCUT2D eigenvalue weighted by molar-refractivity contribution is 14.0. The molecule has 0 aromatic rings. The van der Waals surface area contributed by atoms with Crippen LogP contribution in [0.25, 0.3) is 0 Å². The maximum absolute atomic E-state index is 6.05. The van der Waals surface area contributed by atoms with Crippen LogP contribution in [0, 0.1) is 11.3 Å². The number of aliphatic imine (C=N–C) groups is 1. The van der Waals surface area contributed by atoms with Gasteiger partial charge in [-0.05, 0) is 49.9 Å². The van der Waals surface area contributed by atoms with Gasteiger partial charge in [-0.15, -0.1) is 24.0 Å². The average Bonchev–Trinajstić information content (AvgIpc) is 3.17. The summed E-state index contributed by atoms with van der Waals surface area (Å²) in [4.78, 5) is 4.63. The largest absolute Gasteiger partial charge is 0.370 e. The van der Waals surface area contributed by atoms with E-state index in [1.807, 2.05) is 0 Å². The van der Waals surface area contributed by atoms with Crippen LogP contribution in [0.15, 0.2) is 4.99 Å². The molecule has 0 saturated heterocycles. The van der Waals surface area contributed by atoms with Crippen LogP contribution in [-0.2, 0) is 0 Å². The van der Waals surface area contributed by atoms with Crippen LogP contribution in [0.2, 0.25) is 0 Å². The van der Waals surface area contributed by atoms with Gasteiger partial charge in [-0.1, -0.05) is 25.7 Å². The van der Waals surface area contributed by atoms with E-state index >= 15 is 0 Å². The van der Waals surface area contributed by atoms with Crippen molar-refractivity contribution in [3.8, 4) is 0 Å². The van der Waals surface area contributed by atoms with Crippen LogP contribution in [0.1, 0.15) is 64.2 Å². The number of nitrogens with one attached hydrogen (secondary N) is 1. The van der Waals surface area contributed by atoms with E-state index in [2.05, 4.69) is 10.3 Å². The molecule has 3 rings (SSSR count). The number of guanidine groups is 1. The minimum Gasteiger partial charge on any atom is -0.370 e. The minimum atomic E-state index is 0. The van der Waals surface area contributed by atoms with E-state index in [1.165, 1.54) is 64.2 Å². The summed E-state index contributed by atoms with van der Waals surface area (Å²) in [7, 11) is 0. The first-order valence-electron chi connectivity index (χ1n) is 7.85. The first-order chi connectivity index (χ1) is 8.78. The highest BCUT2D eigenvalue weighted by atomic mass is 127. The van der Waals surface area contributed by atoms with Gasteiger partial charge in [0.1, 0.15) is 0 Å². The Bertz CT molecular complexity index is 313. The maximum Gasteiger partial charge on any atom is 0.188 e. The van der Waals surface area contributed by atoms with E-state index in [9.17, 15) is 0 Å². The highest BCUT2D eigenvalue weighted by Gasteiger charge is 2.53. The summed E-state index contributed by atoms with van der Waals surface area (Å²) in [6.07, 6.45) is 13.6. The normalized spacial score (nSPS) is 27.3. The zero-order chi connectivity index (χ0) is 12.4. The molecule has 0 heterocycles. The SMILES string of the molecule is I.NC(=NCC1(C2CC2)CC1)NC1CCCCCC1. The number of nitrogens with zero attached hydrogens (tertiary/aromatic N) is 1. The summed E-state index contributed by atoms with van der Waals surface area (Å²) in [6.45, 7) is 0.975. The first kappa shape index (κ1) is 15.4. The van der Waals surface area contributed by atoms with Crippen molar-refractivity contribution in [2.24, 2.45) is 22.1 Å². The van der Waals surface area contributed by atoms with Gasteiger partial charge in [0.25, 0.3) is 0 Å². The fourth-order valence-corrected chi connectivity index (χ4v) is 3.47. The lowest BCUT2D eigenvalue weighted by Crippen LogP contribution is -2.40. The molecule has 0 radical (unpaired) electrons. The molecule has 3 aliphatic carbocycles. The molecule has 3 nitrogen and oxygen atoms in total. The summed E-state index contributed by atoms with van der Waals surface area (Å²) < 4.78 is 0. The molecular formula is C15H28IN3. The van der Waals surface area contributed by atoms with Gasteiger partial charge in [0.15, 0.2) is 5.96 Å². The van der Waals surface area contributed by atoms with Crippen molar-refractivity contribution < 1.29 is 0 Å². The van der Waals surface area contributed by atoms with E-state index in [1.54, 1.807) is 0 Å². The van der Waals surface area contributed by atoms with Crippen LogP contribution < -0.4 is 11.1 Å². The number of hydrogen-bond donors (Lipinski definition) is 2. The maximum atomic E-state index is 6.05. The molecule has 0 amide bonds. The Morgan fingerprint density at radius 2 is 1.68 bits per heavy atom. The molecule has 3 aliphatic rings. The van der Waals surface area contributed by atoms with Gasteiger partial charge >= 0.3 is 0 Å². The third-order valence-corrected chi connectivity index (χ3v) is 5.11. The van der Waals surface area contributed by atoms with E-state index in [0.717, 1.165) is 12.5 Å². The number of hydrogen-bond acceptors (Lipinski definition) is 1. The van der Waals surface area contributed by atoms with Crippen LogP contribution >= 0.6 is 24.0 Å². The Labute approximate surface area is 134 Å². The van der Waals surface area contributed by atoms with Crippen molar-refractivity contribution >= 4 is 29.9 Å². The number of rotatable bonds is 4. The van der Waals surface area contributed by atoms with E-state index in [0.29, 0.717) is 17.4 Å². The fraction of sp³-hybridized carbons (Fsp3) is 0.933. The summed E-state index contributed by atoms with van der Waals surface area (Å²) in [5, 5.41) is 3.45. The lowest BCUT2D eigenvalue weighted by molar-refractivity contribution is 0.451. The highest BCUT2D eigenvalue weighted by Crippen LogP contribution is 2.61. The standard InChI is InChI=1S/C15H27N3.HI/c16-14(18-13-5-3-1-2-4-6-13)17-11-15(9-10-15)12-7-8-12;/h12-13H,1-11H2,(H3,16,17,18);1H. The molecule has 3 saturated carbocycles. The molecular weight excluding hydrogens is 349 g/mol. The van der Waals surface area contributed by atoms with E-state index in [4.69, 9.17) is 5.73 Å². The van der Waals surface area contributed by atoms with Crippen LogP contribution in [-0.4, -0.2) is 18.5 Å². The average molecular weight is 377 g/mol. The topological polar surface area (TPSA) is 50.4 Å². The Balaban J connectivity index is 0.00000133. The lowest BCUT2D eigenvalue weighted by atomic mass is 10.0. The second-order valence-corrected chi connectivity index (χ2v) is 6.67. The van der Waals surface area contributed by atoms with Gasteiger partial charge in [0.2, 0.25) is 0 Å². The zero-order valence-electron chi connectivity index (χ0n) is 11.9. The molecule has 0 aromatic carbocycles. The van der Waals surface area contributed by atoms with Crippen LogP contribution in [0.5, 0.6) is 0 Å². The molecule has 3 N–H and O–H groups in total. The van der Waals surface area contributed by atoms with E-state index in [-0.39, 0.29) is 24.0 Å². The Hall–Kier alpha value is 0. The molecule has 4 heteroatoms. The minimum absolute atomic E-state index is 0. The summed E-state index contributed by atoms with van der Waals surface area (Å²) >= 11 is 0. The third-order valence-electron chi connectivity index (χ3n) is 5.11. The zero-order valence-corrected chi connectivity index (χ0v) is 14.2. The monoisotopic (exact) mass is 377 g/mol. The predicted molar refractivity (Wildman–Crippen MR) is 90.9 cm³/mol. The summed E-state index contributed by atoms with van der Waals surface area (Å²) in [5.41, 5.74) is 6.63. The molecule has 19 heavy (non-hydrogen) atoms. The van der Waals surface area contributed by atoms with Gasteiger partial charge in [0, 0.05) is 12.6 Å². The smallest absolute Gasteiger partial charge is 0.188 e. The predicted octanol–water partition coefficient (Wildman–Crippen LogP) is 3.42. The van der Waals surface area contributed by atoms with Crippen molar-refractivity contribution in [2.75, 3.05) is 6.54 Å². The summed E-state index contributed by atoms with van der Waals surface area (Å²) in [5.74, 6) is 1.68. The van der Waals surface area contributed by atoms with Crippen molar-refractivity contribution in [2.45, 2.75) is 70.3 Å². The quantitative estimate of drug-likeness (QED) is 0.341. The Kier molecular flexibility index (Phi) is 5.37. The Morgan fingerprint density at radius 1 is 1.05 bits per heavy atom. The molecule has 0 bridgehead atoms. The molecule has 3 fully saturated rings. The number of nitrogens with two attached hydrogens (primary N) is 1. The van der Waals surface area contributed by atoms with Crippen molar-refractivity contribution in [3.63, 3.8) is 0 Å². The molecule has 0 atom stereocenters. The molecule has 0 aliphatic heterocycles. The van der Waals surface area contributed by atoms with Gasteiger partial charge in [0.05, 0.1) is 0 Å². The van der Waals surface area contributed by atoms with Crippen LogP contribution in [0.4, 0.5) is 0 Å². The fourth-order valence-electron chi connectivity index (χ4n) is 3.47. The van der Waals surface area contributed by atoms with Gasteiger partial charge in [-0.2, -0.15) is 0 Å². The van der Waals surface area contributed by atoms with Crippen molar-refractivity contribution in [3.05, 3.63) is 0 Å². The van der Waals surface area contributed by atoms with Gasteiger partial charge < -0.3 is 11.1 Å². The second-order valence-electron chi connectivity index (χ2n) is 6.67. The third kappa shape index (κ3) is 4.23. The second kappa shape index (κ2) is 6.64.